The van der Waals surface area contributed by atoms with Crippen molar-refractivity contribution in [1.29, 1.82) is 0 Å². The third kappa shape index (κ3) is 7.71. The van der Waals surface area contributed by atoms with Crippen LogP contribution in [-0.2, 0) is 6.54 Å². The first kappa shape index (κ1) is 19.8. The molecule has 0 unspecified atom stereocenters. The predicted molar refractivity (Wildman–Crippen MR) is 91.5 cm³/mol. The van der Waals surface area contributed by atoms with E-state index >= 15 is 0 Å². The van der Waals surface area contributed by atoms with Crippen molar-refractivity contribution in [3.8, 4) is 11.1 Å². The van der Waals surface area contributed by atoms with Gasteiger partial charge in [0.1, 0.15) is 6.54 Å². The van der Waals surface area contributed by atoms with Crippen molar-refractivity contribution in [1.82, 2.24) is 10.3 Å². The Kier molecular flexibility index (Phi) is 10.5. The molecule has 0 aliphatic rings. The summed E-state index contributed by atoms with van der Waals surface area (Å²) in [7, 11) is 0. The molecule has 2 aromatic heterocycles. The number of nitrogens with zero attached hydrogens (tertiary/aromatic N) is 2. The first-order valence-corrected chi connectivity index (χ1v) is 8.50. The molecule has 0 saturated heterocycles. The zero-order valence-corrected chi connectivity index (χ0v) is 15.6. The minimum atomic E-state index is 0. The summed E-state index contributed by atoms with van der Waals surface area (Å²) in [6.07, 6.45) is 14.4. The van der Waals surface area contributed by atoms with Crippen molar-refractivity contribution in [2.75, 3.05) is 13.1 Å². The topological polar surface area (TPSA) is 28.8 Å². The number of hydrogen-bond acceptors (Lipinski definition) is 2. The summed E-state index contributed by atoms with van der Waals surface area (Å²) in [5.41, 5.74) is 2.47. The molecular weight excluding hydrogens is 350 g/mol. The van der Waals surface area contributed by atoms with Gasteiger partial charge in [0.05, 0.1) is 0 Å². The minimum absolute atomic E-state index is 0. The molecule has 2 aromatic rings. The van der Waals surface area contributed by atoms with E-state index in [-0.39, 0.29) is 17.0 Å². The minimum Gasteiger partial charge on any atom is -1.00 e. The van der Waals surface area contributed by atoms with Crippen LogP contribution in [0.3, 0.4) is 0 Å². The smallest absolute Gasteiger partial charge is 0.169 e. The Hall–Kier alpha value is -1.26. The summed E-state index contributed by atoms with van der Waals surface area (Å²) < 4.78 is 2.27. The number of pyridine rings is 2. The van der Waals surface area contributed by atoms with Gasteiger partial charge in [-0.15, -0.1) is 0 Å². The molecule has 0 spiro atoms. The normalized spacial score (nSPS) is 10.3. The molecule has 0 radical (unpaired) electrons. The second-order valence-corrected chi connectivity index (χ2v) is 5.72. The van der Waals surface area contributed by atoms with Crippen LogP contribution in [0.15, 0.2) is 49.1 Å². The number of rotatable bonds is 10. The van der Waals surface area contributed by atoms with Gasteiger partial charge in [-0.05, 0) is 55.6 Å². The maximum atomic E-state index is 4.06. The molecule has 0 saturated carbocycles. The Balaban J connectivity index is 0.00000264. The lowest BCUT2D eigenvalue weighted by atomic mass is 10.1. The van der Waals surface area contributed by atoms with Gasteiger partial charge in [0.25, 0.3) is 0 Å². The molecular formula is C19H28BrN3. The lowest BCUT2D eigenvalue weighted by Crippen LogP contribution is -3.00. The zero-order valence-electron chi connectivity index (χ0n) is 14.0. The van der Waals surface area contributed by atoms with Gasteiger partial charge in [-0.3, -0.25) is 4.98 Å². The van der Waals surface area contributed by atoms with Crippen LogP contribution in [0.1, 0.15) is 39.0 Å². The van der Waals surface area contributed by atoms with Crippen LogP contribution in [0.25, 0.3) is 11.1 Å². The van der Waals surface area contributed by atoms with Gasteiger partial charge in [-0.25, -0.2) is 4.57 Å². The lowest BCUT2D eigenvalue weighted by Gasteiger charge is -2.03. The average molecular weight is 378 g/mol. The van der Waals surface area contributed by atoms with Crippen LogP contribution in [0.4, 0.5) is 0 Å². The predicted octanol–water partition coefficient (Wildman–Crippen LogP) is 0.600. The van der Waals surface area contributed by atoms with E-state index in [2.05, 4.69) is 46.3 Å². The maximum absolute atomic E-state index is 4.06. The number of hydrogen-bond donors (Lipinski definition) is 1. The van der Waals surface area contributed by atoms with Crippen molar-refractivity contribution in [3.05, 3.63) is 49.1 Å². The Morgan fingerprint density at radius 2 is 1.52 bits per heavy atom. The first-order chi connectivity index (χ1) is 10.9. The summed E-state index contributed by atoms with van der Waals surface area (Å²) in [5, 5.41) is 3.50. The van der Waals surface area contributed by atoms with Gasteiger partial charge < -0.3 is 22.3 Å². The number of aryl methyl sites for hydroxylation is 1. The van der Waals surface area contributed by atoms with Crippen molar-refractivity contribution < 1.29 is 21.5 Å². The Morgan fingerprint density at radius 3 is 2.22 bits per heavy atom. The van der Waals surface area contributed by atoms with Gasteiger partial charge in [0.2, 0.25) is 0 Å². The second kappa shape index (κ2) is 12.2. The molecule has 126 valence electrons. The summed E-state index contributed by atoms with van der Waals surface area (Å²) in [4.78, 5) is 4.06. The fraction of sp³-hybridized carbons (Fsp3) is 0.474. The van der Waals surface area contributed by atoms with Crippen LogP contribution in [-0.4, -0.2) is 18.1 Å². The van der Waals surface area contributed by atoms with Gasteiger partial charge in [-0.1, -0.05) is 13.3 Å². The highest BCUT2D eigenvalue weighted by molar-refractivity contribution is 5.61. The fourth-order valence-corrected chi connectivity index (χ4v) is 2.49. The van der Waals surface area contributed by atoms with E-state index in [9.17, 15) is 0 Å². The van der Waals surface area contributed by atoms with Crippen molar-refractivity contribution in [3.63, 3.8) is 0 Å². The molecule has 4 heteroatoms. The van der Waals surface area contributed by atoms with E-state index in [1.165, 1.54) is 49.8 Å². The summed E-state index contributed by atoms with van der Waals surface area (Å²) in [6, 6.07) is 8.46. The number of unbranched alkanes of at least 4 members (excludes halogenated alkanes) is 3. The van der Waals surface area contributed by atoms with Gasteiger partial charge >= 0.3 is 0 Å². The zero-order chi connectivity index (χ0) is 15.5. The van der Waals surface area contributed by atoms with Gasteiger partial charge in [0, 0.05) is 30.9 Å². The van der Waals surface area contributed by atoms with Crippen LogP contribution >= 0.6 is 0 Å². The van der Waals surface area contributed by atoms with Gasteiger partial charge in [0.15, 0.2) is 12.4 Å². The SMILES string of the molecule is CCCCNCCCCC[n+]1ccc(-c2ccncc2)cc1.[Br-]. The molecule has 1 N–H and O–H groups in total. The van der Waals surface area contributed by atoms with Crippen molar-refractivity contribution in [2.45, 2.75) is 45.6 Å². The van der Waals surface area contributed by atoms with Crippen LogP contribution in [0.5, 0.6) is 0 Å². The first-order valence-electron chi connectivity index (χ1n) is 8.50. The fourth-order valence-electron chi connectivity index (χ4n) is 2.49. The quantitative estimate of drug-likeness (QED) is 0.485. The lowest BCUT2D eigenvalue weighted by molar-refractivity contribution is -0.697. The molecule has 23 heavy (non-hydrogen) atoms. The van der Waals surface area contributed by atoms with Gasteiger partial charge in [-0.2, -0.15) is 0 Å². The summed E-state index contributed by atoms with van der Waals surface area (Å²) >= 11 is 0. The highest BCUT2D eigenvalue weighted by atomic mass is 79.9. The Morgan fingerprint density at radius 1 is 0.870 bits per heavy atom. The van der Waals surface area contributed by atoms with E-state index < -0.39 is 0 Å². The molecule has 0 aliphatic carbocycles. The van der Waals surface area contributed by atoms with Crippen LogP contribution in [0.2, 0.25) is 0 Å². The number of aromatic nitrogens is 2. The van der Waals surface area contributed by atoms with E-state index in [1.807, 2.05) is 24.5 Å². The van der Waals surface area contributed by atoms with E-state index in [4.69, 9.17) is 0 Å². The van der Waals surface area contributed by atoms with E-state index in [0.29, 0.717) is 0 Å². The van der Waals surface area contributed by atoms with Crippen molar-refractivity contribution >= 4 is 0 Å². The largest absolute Gasteiger partial charge is 1.00 e. The Labute approximate surface area is 150 Å². The molecule has 2 rings (SSSR count). The molecule has 0 fully saturated rings. The van der Waals surface area contributed by atoms with Crippen LogP contribution < -0.4 is 26.9 Å². The molecule has 0 bridgehead atoms. The highest BCUT2D eigenvalue weighted by Crippen LogP contribution is 2.15. The third-order valence-corrected chi connectivity index (χ3v) is 3.88. The van der Waals surface area contributed by atoms with E-state index in [1.54, 1.807) is 0 Å². The number of halogens is 1. The second-order valence-electron chi connectivity index (χ2n) is 5.72. The highest BCUT2D eigenvalue weighted by Gasteiger charge is 2.02. The monoisotopic (exact) mass is 377 g/mol. The Bertz CT molecular complexity index is 514. The molecule has 2 heterocycles. The van der Waals surface area contributed by atoms with E-state index in [0.717, 1.165) is 13.1 Å². The standard InChI is InChI=1S/C19H28N3.BrH/c1-2-3-11-20-12-5-4-6-15-22-16-9-19(10-17-22)18-7-13-21-14-8-18;/h7-10,13-14,16-17,20H,2-6,11-12,15H2,1H3;1H/q+1;/p-1. The third-order valence-electron chi connectivity index (χ3n) is 3.88. The molecule has 3 nitrogen and oxygen atoms in total. The van der Waals surface area contributed by atoms with Crippen molar-refractivity contribution in [2.24, 2.45) is 0 Å². The maximum Gasteiger partial charge on any atom is 0.169 e. The number of nitrogens with one attached hydrogen (secondary N) is 1. The summed E-state index contributed by atoms with van der Waals surface area (Å²) in [6.45, 7) is 5.66. The average Bonchev–Trinajstić information content (AvgIpc) is 2.59. The molecule has 0 amide bonds. The summed E-state index contributed by atoms with van der Waals surface area (Å²) in [5.74, 6) is 0. The molecule has 0 atom stereocenters. The molecule has 0 aliphatic heterocycles. The van der Waals surface area contributed by atoms with Crippen LogP contribution in [0, 0.1) is 0 Å². The molecule has 0 aromatic carbocycles.